The van der Waals surface area contributed by atoms with E-state index in [4.69, 9.17) is 0 Å². The van der Waals surface area contributed by atoms with Crippen molar-refractivity contribution in [3.63, 3.8) is 0 Å². The third-order valence-corrected chi connectivity index (χ3v) is 3.67. The Labute approximate surface area is 101 Å². The van der Waals surface area contributed by atoms with Gasteiger partial charge >= 0.3 is 0 Å². The number of likely N-dealkylation sites (tertiary alicyclic amines) is 1. The van der Waals surface area contributed by atoms with E-state index >= 15 is 0 Å². The van der Waals surface area contributed by atoms with E-state index in [1.807, 2.05) is 0 Å². The predicted molar refractivity (Wildman–Crippen MR) is 64.7 cm³/mol. The lowest BCUT2D eigenvalue weighted by molar-refractivity contribution is 0.175. The molecule has 0 N–H and O–H groups in total. The maximum atomic E-state index is 13.1. The second kappa shape index (κ2) is 5.58. The lowest BCUT2D eigenvalue weighted by atomic mass is 9.94. The highest BCUT2D eigenvalue weighted by Crippen LogP contribution is 2.21. The van der Waals surface area contributed by atoms with E-state index in [0.29, 0.717) is 0 Å². The Morgan fingerprint density at radius 2 is 1.88 bits per heavy atom. The van der Waals surface area contributed by atoms with Crippen molar-refractivity contribution in [2.45, 2.75) is 32.7 Å². The van der Waals surface area contributed by atoms with Gasteiger partial charge in [0.1, 0.15) is 0 Å². The first-order valence-electron chi connectivity index (χ1n) is 6.35. The smallest absolute Gasteiger partial charge is 0.159 e. The van der Waals surface area contributed by atoms with Gasteiger partial charge in [-0.05, 0) is 49.5 Å². The number of hydrogen-bond donors (Lipinski definition) is 0. The molecule has 1 nitrogen and oxygen atoms in total. The van der Waals surface area contributed by atoms with Crippen molar-refractivity contribution in [2.24, 2.45) is 5.92 Å². The average molecular weight is 239 g/mol. The van der Waals surface area contributed by atoms with Crippen LogP contribution in [0.2, 0.25) is 0 Å². The fourth-order valence-electron chi connectivity index (χ4n) is 2.45. The molecular formula is C14H19F2N. The van der Waals surface area contributed by atoms with Crippen molar-refractivity contribution in [3.8, 4) is 0 Å². The number of hydrogen-bond acceptors (Lipinski definition) is 1. The fourth-order valence-corrected chi connectivity index (χ4v) is 2.45. The van der Waals surface area contributed by atoms with Gasteiger partial charge in [0.15, 0.2) is 11.6 Å². The number of rotatable bonds is 3. The molecule has 1 saturated heterocycles. The molecule has 0 aliphatic carbocycles. The number of piperidine rings is 1. The Balaban J connectivity index is 1.91. The molecule has 1 aromatic carbocycles. The van der Waals surface area contributed by atoms with E-state index in [1.165, 1.54) is 31.4 Å². The SMILES string of the molecule is CCC1CCN(Cc2ccc(F)c(F)c2)CC1. The van der Waals surface area contributed by atoms with E-state index in [2.05, 4.69) is 11.8 Å². The summed E-state index contributed by atoms with van der Waals surface area (Å²) in [6.07, 6.45) is 3.69. The predicted octanol–water partition coefficient (Wildman–Crippen LogP) is 3.59. The summed E-state index contributed by atoms with van der Waals surface area (Å²) in [5, 5.41) is 0. The molecule has 94 valence electrons. The summed E-state index contributed by atoms with van der Waals surface area (Å²) >= 11 is 0. The molecular weight excluding hydrogens is 220 g/mol. The van der Waals surface area contributed by atoms with Gasteiger partial charge in [0.05, 0.1) is 0 Å². The Kier molecular flexibility index (Phi) is 4.11. The quantitative estimate of drug-likeness (QED) is 0.779. The first-order valence-corrected chi connectivity index (χ1v) is 6.35. The standard InChI is InChI=1S/C14H19F2N/c1-2-11-5-7-17(8-6-11)10-12-3-4-13(15)14(16)9-12/h3-4,9,11H,2,5-8,10H2,1H3. The van der Waals surface area contributed by atoms with Crippen LogP contribution in [0, 0.1) is 17.6 Å². The summed E-state index contributed by atoms with van der Waals surface area (Å²) in [5.74, 6) is -0.666. The van der Waals surface area contributed by atoms with Gasteiger partial charge in [0, 0.05) is 6.54 Å². The zero-order valence-corrected chi connectivity index (χ0v) is 10.3. The first-order chi connectivity index (χ1) is 8.19. The fraction of sp³-hybridized carbons (Fsp3) is 0.571. The molecule has 3 heteroatoms. The van der Waals surface area contributed by atoms with Crippen LogP contribution in [-0.2, 0) is 6.54 Å². The largest absolute Gasteiger partial charge is 0.299 e. The van der Waals surface area contributed by atoms with Crippen LogP contribution in [0.4, 0.5) is 8.78 Å². The van der Waals surface area contributed by atoms with Gasteiger partial charge in [-0.1, -0.05) is 19.4 Å². The van der Waals surface area contributed by atoms with E-state index < -0.39 is 11.6 Å². The molecule has 0 amide bonds. The Morgan fingerprint density at radius 1 is 1.18 bits per heavy atom. The third kappa shape index (κ3) is 3.25. The van der Waals surface area contributed by atoms with Crippen molar-refractivity contribution in [2.75, 3.05) is 13.1 Å². The minimum absolute atomic E-state index is 0.730. The number of benzene rings is 1. The monoisotopic (exact) mass is 239 g/mol. The molecule has 1 heterocycles. The van der Waals surface area contributed by atoms with Crippen LogP contribution in [0.1, 0.15) is 31.7 Å². The van der Waals surface area contributed by atoms with Gasteiger partial charge in [-0.3, -0.25) is 4.90 Å². The summed E-state index contributed by atoms with van der Waals surface area (Å²) in [5.41, 5.74) is 0.860. The topological polar surface area (TPSA) is 3.24 Å². The Hall–Kier alpha value is -0.960. The van der Waals surface area contributed by atoms with E-state index in [0.717, 1.165) is 31.1 Å². The molecule has 1 aliphatic heterocycles. The highest BCUT2D eigenvalue weighted by Gasteiger charge is 2.17. The summed E-state index contributed by atoms with van der Waals surface area (Å²) < 4.78 is 25.8. The maximum absolute atomic E-state index is 13.1. The lowest BCUT2D eigenvalue weighted by Crippen LogP contribution is -2.33. The third-order valence-electron chi connectivity index (χ3n) is 3.67. The van der Waals surface area contributed by atoms with Crippen molar-refractivity contribution < 1.29 is 8.78 Å². The van der Waals surface area contributed by atoms with E-state index in [9.17, 15) is 8.78 Å². The van der Waals surface area contributed by atoms with Crippen LogP contribution in [-0.4, -0.2) is 18.0 Å². The second-order valence-corrected chi connectivity index (χ2v) is 4.88. The molecule has 0 bridgehead atoms. The summed E-state index contributed by atoms with van der Waals surface area (Å²) in [4.78, 5) is 2.32. The zero-order chi connectivity index (χ0) is 12.3. The lowest BCUT2D eigenvalue weighted by Gasteiger charge is -2.31. The highest BCUT2D eigenvalue weighted by atomic mass is 19.2. The van der Waals surface area contributed by atoms with Crippen LogP contribution in [0.25, 0.3) is 0 Å². The second-order valence-electron chi connectivity index (χ2n) is 4.88. The van der Waals surface area contributed by atoms with Crippen molar-refractivity contribution in [3.05, 3.63) is 35.4 Å². The highest BCUT2D eigenvalue weighted by molar-refractivity contribution is 5.17. The first kappa shape index (κ1) is 12.5. The molecule has 0 unspecified atom stereocenters. The molecule has 0 radical (unpaired) electrons. The molecule has 0 spiro atoms. The molecule has 1 aromatic rings. The van der Waals surface area contributed by atoms with Gasteiger partial charge in [-0.25, -0.2) is 8.78 Å². The summed E-state index contributed by atoms with van der Waals surface area (Å²) in [6.45, 7) is 5.10. The Morgan fingerprint density at radius 3 is 2.47 bits per heavy atom. The van der Waals surface area contributed by atoms with Crippen LogP contribution < -0.4 is 0 Å². The molecule has 1 fully saturated rings. The van der Waals surface area contributed by atoms with Gasteiger partial charge in [-0.2, -0.15) is 0 Å². The van der Waals surface area contributed by atoms with Gasteiger partial charge in [0.25, 0.3) is 0 Å². The van der Waals surface area contributed by atoms with Crippen molar-refractivity contribution in [1.29, 1.82) is 0 Å². The molecule has 0 saturated carbocycles. The number of halogens is 2. The molecule has 17 heavy (non-hydrogen) atoms. The Bertz CT molecular complexity index is 370. The van der Waals surface area contributed by atoms with E-state index in [-0.39, 0.29) is 0 Å². The van der Waals surface area contributed by atoms with Crippen molar-refractivity contribution >= 4 is 0 Å². The molecule has 0 aromatic heterocycles. The number of nitrogens with zero attached hydrogens (tertiary/aromatic N) is 1. The zero-order valence-electron chi connectivity index (χ0n) is 10.3. The molecule has 1 aliphatic rings. The average Bonchev–Trinajstić information content (AvgIpc) is 2.35. The normalized spacial score (nSPS) is 18.5. The maximum Gasteiger partial charge on any atom is 0.159 e. The summed E-state index contributed by atoms with van der Waals surface area (Å²) in [7, 11) is 0. The summed E-state index contributed by atoms with van der Waals surface area (Å²) in [6, 6.07) is 4.19. The molecule has 0 atom stereocenters. The van der Waals surface area contributed by atoms with Crippen molar-refractivity contribution in [1.82, 2.24) is 4.90 Å². The van der Waals surface area contributed by atoms with Crippen LogP contribution in [0.15, 0.2) is 18.2 Å². The van der Waals surface area contributed by atoms with Crippen LogP contribution >= 0.6 is 0 Å². The van der Waals surface area contributed by atoms with Gasteiger partial charge in [-0.15, -0.1) is 0 Å². The van der Waals surface area contributed by atoms with E-state index in [1.54, 1.807) is 6.07 Å². The minimum Gasteiger partial charge on any atom is -0.299 e. The van der Waals surface area contributed by atoms with Crippen LogP contribution in [0.5, 0.6) is 0 Å². The molecule has 2 rings (SSSR count). The van der Waals surface area contributed by atoms with Gasteiger partial charge in [0.2, 0.25) is 0 Å². The van der Waals surface area contributed by atoms with Gasteiger partial charge < -0.3 is 0 Å². The van der Waals surface area contributed by atoms with Crippen LogP contribution in [0.3, 0.4) is 0 Å². The minimum atomic E-state index is -0.765.